The Morgan fingerprint density at radius 1 is 0.818 bits per heavy atom. The Morgan fingerprint density at radius 3 is 1.91 bits per heavy atom. The highest BCUT2D eigenvalue weighted by Gasteiger charge is 2.46. The first kappa shape index (κ1) is 6.28. The quantitative estimate of drug-likeness (QED) is 0.463. The maximum atomic E-state index is 2.42. The normalized spacial score (nSPS) is 53.1. The predicted molar refractivity (Wildman–Crippen MR) is 46.2 cm³/mol. The summed E-state index contributed by atoms with van der Waals surface area (Å²) in [6, 6.07) is 0. The van der Waals surface area contributed by atoms with Gasteiger partial charge in [-0.05, 0) is 55.8 Å². The van der Waals surface area contributed by atoms with Crippen molar-refractivity contribution in [3.05, 3.63) is 12.2 Å². The molecule has 0 aromatic carbocycles. The van der Waals surface area contributed by atoms with Crippen molar-refractivity contribution in [3.8, 4) is 0 Å². The first-order valence-electron chi connectivity index (χ1n) is 5.10. The molecule has 3 aliphatic carbocycles. The smallest absolute Gasteiger partial charge is 0.0317 e. The Balaban J connectivity index is 1.91. The molecule has 0 saturated heterocycles. The molecule has 0 aromatic heterocycles. The topological polar surface area (TPSA) is 0 Å². The SMILES string of the molecule is C1=CC[C@H]2[C@H]3CC[C@@H](C3)[C@H]2C1. The monoisotopic (exact) mass is 148 g/mol. The lowest BCUT2D eigenvalue weighted by Gasteiger charge is -2.32. The summed E-state index contributed by atoms with van der Waals surface area (Å²) in [6.07, 6.45) is 12.3. The molecular weight excluding hydrogens is 132 g/mol. The lowest BCUT2D eigenvalue weighted by Crippen LogP contribution is -2.23. The van der Waals surface area contributed by atoms with E-state index < -0.39 is 0 Å². The third-order valence-corrected chi connectivity index (χ3v) is 4.26. The molecule has 2 saturated carbocycles. The van der Waals surface area contributed by atoms with Gasteiger partial charge in [-0.1, -0.05) is 12.2 Å². The van der Waals surface area contributed by atoms with Crippen molar-refractivity contribution in [1.82, 2.24) is 0 Å². The first-order chi connectivity index (χ1) is 5.45. The van der Waals surface area contributed by atoms with E-state index in [0.717, 1.165) is 23.7 Å². The van der Waals surface area contributed by atoms with Crippen LogP contribution in [0, 0.1) is 23.7 Å². The number of allylic oxidation sites excluding steroid dienone is 2. The molecule has 0 nitrogen and oxygen atoms in total. The molecule has 60 valence electrons. The van der Waals surface area contributed by atoms with Crippen LogP contribution >= 0.6 is 0 Å². The average molecular weight is 148 g/mol. The van der Waals surface area contributed by atoms with Crippen molar-refractivity contribution in [3.63, 3.8) is 0 Å². The summed E-state index contributed by atoms with van der Waals surface area (Å²) in [7, 11) is 0. The Labute approximate surface area is 68.7 Å². The molecule has 0 aliphatic heterocycles. The Bertz CT molecular complexity index is 172. The molecule has 0 N–H and O–H groups in total. The Hall–Kier alpha value is -0.260. The van der Waals surface area contributed by atoms with Gasteiger partial charge in [-0.25, -0.2) is 0 Å². The van der Waals surface area contributed by atoms with Crippen LogP contribution in [0.1, 0.15) is 32.1 Å². The van der Waals surface area contributed by atoms with Crippen LogP contribution in [0.4, 0.5) is 0 Å². The van der Waals surface area contributed by atoms with Gasteiger partial charge >= 0.3 is 0 Å². The summed E-state index contributed by atoms with van der Waals surface area (Å²) in [5.74, 6) is 4.49. The van der Waals surface area contributed by atoms with Crippen molar-refractivity contribution >= 4 is 0 Å². The molecule has 2 fully saturated rings. The van der Waals surface area contributed by atoms with E-state index in [4.69, 9.17) is 0 Å². The molecule has 4 atom stereocenters. The molecule has 11 heavy (non-hydrogen) atoms. The van der Waals surface area contributed by atoms with Crippen LogP contribution in [-0.4, -0.2) is 0 Å². The van der Waals surface area contributed by atoms with E-state index >= 15 is 0 Å². The number of hydrogen-bond donors (Lipinski definition) is 0. The van der Waals surface area contributed by atoms with Gasteiger partial charge in [0.05, 0.1) is 0 Å². The lowest BCUT2D eigenvalue weighted by molar-refractivity contribution is 0.216. The molecular formula is C11H16. The van der Waals surface area contributed by atoms with E-state index in [1.807, 2.05) is 0 Å². The summed E-state index contributed by atoms with van der Waals surface area (Å²) in [6.45, 7) is 0. The third kappa shape index (κ3) is 0.758. The van der Waals surface area contributed by atoms with E-state index in [-0.39, 0.29) is 0 Å². The van der Waals surface area contributed by atoms with Crippen LogP contribution in [0.25, 0.3) is 0 Å². The first-order valence-corrected chi connectivity index (χ1v) is 5.10. The molecule has 2 bridgehead atoms. The molecule has 0 amide bonds. The standard InChI is InChI=1S/C11H16/c1-2-4-11-9-6-5-8(7-9)10(11)3-1/h1-2,8-11H,3-7H2/t8-,9-,10-,11+/m0/s1. The molecule has 0 spiro atoms. The summed E-state index contributed by atoms with van der Waals surface area (Å²) in [5.41, 5.74) is 0. The van der Waals surface area contributed by atoms with Crippen molar-refractivity contribution < 1.29 is 0 Å². The van der Waals surface area contributed by atoms with Crippen LogP contribution in [0.15, 0.2) is 12.2 Å². The lowest BCUT2D eigenvalue weighted by atomic mass is 9.73. The fourth-order valence-electron chi connectivity index (χ4n) is 3.77. The summed E-state index contributed by atoms with van der Waals surface area (Å²) >= 11 is 0. The van der Waals surface area contributed by atoms with Gasteiger partial charge in [0.15, 0.2) is 0 Å². The summed E-state index contributed by atoms with van der Waals surface area (Å²) < 4.78 is 0. The number of rotatable bonds is 0. The van der Waals surface area contributed by atoms with Crippen molar-refractivity contribution in [2.45, 2.75) is 32.1 Å². The minimum absolute atomic E-state index is 1.11. The molecule has 0 heteroatoms. The van der Waals surface area contributed by atoms with Gasteiger partial charge < -0.3 is 0 Å². The zero-order valence-electron chi connectivity index (χ0n) is 7.00. The molecule has 0 aromatic rings. The van der Waals surface area contributed by atoms with Crippen LogP contribution in [0.5, 0.6) is 0 Å². The van der Waals surface area contributed by atoms with Crippen LogP contribution in [-0.2, 0) is 0 Å². The maximum absolute atomic E-state index is 2.42. The van der Waals surface area contributed by atoms with Crippen LogP contribution < -0.4 is 0 Å². The van der Waals surface area contributed by atoms with Gasteiger partial charge in [-0.2, -0.15) is 0 Å². The van der Waals surface area contributed by atoms with Gasteiger partial charge in [0.25, 0.3) is 0 Å². The van der Waals surface area contributed by atoms with Crippen molar-refractivity contribution in [1.29, 1.82) is 0 Å². The number of hydrogen-bond acceptors (Lipinski definition) is 0. The zero-order valence-corrected chi connectivity index (χ0v) is 7.00. The van der Waals surface area contributed by atoms with Gasteiger partial charge in [0.2, 0.25) is 0 Å². The highest BCUT2D eigenvalue weighted by atomic mass is 14.5. The highest BCUT2D eigenvalue weighted by molar-refractivity contribution is 5.05. The predicted octanol–water partition coefficient (Wildman–Crippen LogP) is 3.00. The molecule has 3 aliphatic rings. The zero-order chi connectivity index (χ0) is 7.26. The fourth-order valence-corrected chi connectivity index (χ4v) is 3.77. The van der Waals surface area contributed by atoms with Gasteiger partial charge in [-0.15, -0.1) is 0 Å². The van der Waals surface area contributed by atoms with Gasteiger partial charge in [-0.3, -0.25) is 0 Å². The second-order valence-corrected chi connectivity index (χ2v) is 4.60. The van der Waals surface area contributed by atoms with Crippen LogP contribution in [0.2, 0.25) is 0 Å². The summed E-state index contributed by atoms with van der Waals surface area (Å²) in [4.78, 5) is 0. The van der Waals surface area contributed by atoms with Gasteiger partial charge in [0, 0.05) is 0 Å². The van der Waals surface area contributed by atoms with Crippen molar-refractivity contribution in [2.75, 3.05) is 0 Å². The largest absolute Gasteiger partial charge is 0.0882 e. The van der Waals surface area contributed by atoms with E-state index in [2.05, 4.69) is 12.2 Å². The minimum Gasteiger partial charge on any atom is -0.0882 e. The van der Waals surface area contributed by atoms with Gasteiger partial charge in [0.1, 0.15) is 0 Å². The van der Waals surface area contributed by atoms with E-state index in [1.165, 1.54) is 12.8 Å². The molecule has 0 radical (unpaired) electrons. The maximum Gasteiger partial charge on any atom is -0.0317 e. The second kappa shape index (κ2) is 2.12. The Kier molecular flexibility index (Phi) is 1.21. The second-order valence-electron chi connectivity index (χ2n) is 4.60. The summed E-state index contributed by atoms with van der Waals surface area (Å²) in [5, 5.41) is 0. The minimum atomic E-state index is 1.11. The molecule has 3 rings (SSSR count). The Morgan fingerprint density at radius 2 is 1.36 bits per heavy atom. The van der Waals surface area contributed by atoms with E-state index in [1.54, 1.807) is 19.3 Å². The third-order valence-electron chi connectivity index (χ3n) is 4.26. The molecule has 0 unspecified atom stereocenters. The van der Waals surface area contributed by atoms with Crippen LogP contribution in [0.3, 0.4) is 0 Å². The van der Waals surface area contributed by atoms with Crippen molar-refractivity contribution in [2.24, 2.45) is 23.7 Å². The average Bonchev–Trinajstić information content (AvgIpc) is 2.64. The highest BCUT2D eigenvalue weighted by Crippen LogP contribution is 2.55. The van der Waals surface area contributed by atoms with E-state index in [9.17, 15) is 0 Å². The molecule has 0 heterocycles. The van der Waals surface area contributed by atoms with E-state index in [0.29, 0.717) is 0 Å². The fraction of sp³-hybridized carbons (Fsp3) is 0.818. The number of fused-ring (bicyclic) bond motifs is 5.